The third kappa shape index (κ3) is 5.56. The number of sulfonamides is 1. The largest absolute Gasteiger partial charge is 0.480 e. The molecule has 0 aliphatic rings. The zero-order valence-electron chi connectivity index (χ0n) is 16.6. The summed E-state index contributed by atoms with van der Waals surface area (Å²) in [5.41, 5.74) is 5.58. The van der Waals surface area contributed by atoms with Crippen molar-refractivity contribution in [3.63, 3.8) is 0 Å². The number of hydrogen-bond donors (Lipinski definition) is 6. The number of amides is 1. The molecule has 0 bridgehead atoms. The highest BCUT2D eigenvalue weighted by Crippen LogP contribution is 2.28. The second-order valence-corrected chi connectivity index (χ2v) is 9.25. The van der Waals surface area contributed by atoms with Gasteiger partial charge in [0.25, 0.3) is 15.9 Å². The van der Waals surface area contributed by atoms with Crippen LogP contribution in [0.4, 0.5) is 5.69 Å². The van der Waals surface area contributed by atoms with Gasteiger partial charge >= 0.3 is 5.97 Å². The number of nitrogens with two attached hydrogens (primary N) is 1. The van der Waals surface area contributed by atoms with Crippen molar-refractivity contribution < 1.29 is 27.5 Å². The van der Waals surface area contributed by atoms with Crippen molar-refractivity contribution in [3.8, 4) is 0 Å². The Morgan fingerprint density at radius 1 is 1.25 bits per heavy atom. The lowest BCUT2D eigenvalue weighted by Gasteiger charge is -2.15. The number of carboxylic acid groups (broad SMARTS) is 1. The molecule has 1 aromatic carbocycles. The van der Waals surface area contributed by atoms with E-state index in [1.807, 2.05) is 0 Å². The molecule has 2 aromatic heterocycles. The van der Waals surface area contributed by atoms with Gasteiger partial charge in [-0.1, -0.05) is 18.2 Å². The number of rotatable bonds is 10. The number of nitrogens with one attached hydrogen (secondary N) is 4. The number of fused-ring (bicyclic) bond motifs is 1. The van der Waals surface area contributed by atoms with E-state index < -0.39 is 27.9 Å². The Morgan fingerprint density at radius 3 is 2.69 bits per heavy atom. The van der Waals surface area contributed by atoms with Crippen LogP contribution < -0.4 is 21.1 Å². The van der Waals surface area contributed by atoms with Gasteiger partial charge in [-0.15, -0.1) is 11.3 Å². The second kappa shape index (κ2) is 9.70. The van der Waals surface area contributed by atoms with Crippen LogP contribution in [0.3, 0.4) is 0 Å². The van der Waals surface area contributed by atoms with Gasteiger partial charge in [0.15, 0.2) is 5.96 Å². The molecule has 3 rings (SSSR count). The molecule has 0 saturated heterocycles. The van der Waals surface area contributed by atoms with Crippen molar-refractivity contribution in [2.45, 2.75) is 24.0 Å². The van der Waals surface area contributed by atoms with Gasteiger partial charge in [0.2, 0.25) is 5.09 Å². The van der Waals surface area contributed by atoms with Gasteiger partial charge in [0.05, 0.1) is 5.69 Å². The van der Waals surface area contributed by atoms with Crippen LogP contribution >= 0.6 is 11.3 Å². The van der Waals surface area contributed by atoms with E-state index in [0.717, 1.165) is 11.3 Å². The van der Waals surface area contributed by atoms with E-state index in [0.29, 0.717) is 17.4 Å². The summed E-state index contributed by atoms with van der Waals surface area (Å²) in [4.78, 5) is 24.2. The maximum Gasteiger partial charge on any atom is 0.326 e. The van der Waals surface area contributed by atoms with Gasteiger partial charge in [-0.05, 0) is 30.4 Å². The van der Waals surface area contributed by atoms with Crippen molar-refractivity contribution in [2.24, 2.45) is 5.73 Å². The summed E-state index contributed by atoms with van der Waals surface area (Å²) in [7, 11) is -4.12. The zero-order chi connectivity index (χ0) is 23.3. The maximum absolute atomic E-state index is 12.7. The number of carbonyl (C=O) groups excluding carboxylic acids is 1. The fourth-order valence-corrected chi connectivity index (χ4v) is 4.72. The van der Waals surface area contributed by atoms with Crippen molar-refractivity contribution in [1.29, 1.82) is 5.41 Å². The average Bonchev–Trinajstić information content (AvgIpc) is 3.36. The molecule has 0 saturated carbocycles. The Hall–Kier alpha value is -3.58. The number of anilines is 1. The van der Waals surface area contributed by atoms with Gasteiger partial charge in [0.1, 0.15) is 16.5 Å². The van der Waals surface area contributed by atoms with Crippen LogP contribution in [0.25, 0.3) is 11.0 Å². The predicted molar refractivity (Wildman–Crippen MR) is 119 cm³/mol. The lowest BCUT2D eigenvalue weighted by molar-refractivity contribution is -0.139. The summed E-state index contributed by atoms with van der Waals surface area (Å²) in [6.45, 7) is 0.274. The highest BCUT2D eigenvalue weighted by atomic mass is 32.2. The second-order valence-electron chi connectivity index (χ2n) is 6.72. The zero-order valence-corrected chi connectivity index (χ0v) is 18.3. The van der Waals surface area contributed by atoms with Crippen LogP contribution in [-0.4, -0.2) is 43.9 Å². The van der Waals surface area contributed by atoms with Gasteiger partial charge in [-0.3, -0.25) is 14.9 Å². The minimum atomic E-state index is -4.12. The van der Waals surface area contributed by atoms with Crippen LogP contribution in [0.1, 0.15) is 22.5 Å². The number of carbonyl (C=O) groups is 2. The maximum atomic E-state index is 12.7. The standard InChI is InChI=1S/C19H21N5O6S2/c20-19(21)22-8-3-5-13(18(26)27)23-17(25)16-12(7-9-31-16)24-32(28,29)15-10-11-4-1-2-6-14(11)30-15/h1-2,4,6-7,9-10,13,24H,3,5,8H2,(H,23,25)(H,26,27)(H4,20,21,22)/t13-/m0/s1. The Morgan fingerprint density at radius 2 is 2.00 bits per heavy atom. The number of thiophene rings is 1. The van der Waals surface area contributed by atoms with Gasteiger partial charge in [-0.2, -0.15) is 8.42 Å². The van der Waals surface area contributed by atoms with E-state index in [2.05, 4.69) is 15.4 Å². The molecule has 0 fully saturated rings. The molecular weight excluding hydrogens is 458 g/mol. The van der Waals surface area contributed by atoms with E-state index in [-0.39, 0.29) is 34.6 Å². The van der Waals surface area contributed by atoms with E-state index in [4.69, 9.17) is 15.6 Å². The van der Waals surface area contributed by atoms with Crippen molar-refractivity contribution in [1.82, 2.24) is 10.6 Å². The molecule has 0 radical (unpaired) electrons. The van der Waals surface area contributed by atoms with Crippen LogP contribution in [-0.2, 0) is 14.8 Å². The summed E-state index contributed by atoms with van der Waals surface area (Å²) >= 11 is 0.965. The van der Waals surface area contributed by atoms with Gasteiger partial charge in [0, 0.05) is 18.0 Å². The molecule has 2 heterocycles. The summed E-state index contributed by atoms with van der Waals surface area (Å²) in [5, 5.41) is 23.2. The monoisotopic (exact) mass is 479 g/mol. The third-order valence-corrected chi connectivity index (χ3v) is 6.50. The smallest absolute Gasteiger partial charge is 0.326 e. The van der Waals surface area contributed by atoms with E-state index >= 15 is 0 Å². The molecule has 0 spiro atoms. The van der Waals surface area contributed by atoms with Crippen LogP contribution in [0.5, 0.6) is 0 Å². The molecular formula is C19H21N5O6S2. The fourth-order valence-electron chi connectivity index (χ4n) is 2.86. The van der Waals surface area contributed by atoms with Crippen molar-refractivity contribution in [2.75, 3.05) is 11.3 Å². The van der Waals surface area contributed by atoms with Crippen LogP contribution in [0.2, 0.25) is 0 Å². The number of benzene rings is 1. The molecule has 3 aromatic rings. The number of furan rings is 1. The minimum Gasteiger partial charge on any atom is -0.480 e. The third-order valence-electron chi connectivity index (χ3n) is 4.37. The Labute approximate surface area is 187 Å². The average molecular weight is 480 g/mol. The molecule has 170 valence electrons. The van der Waals surface area contributed by atoms with Crippen molar-refractivity contribution in [3.05, 3.63) is 46.7 Å². The number of guanidine groups is 1. The van der Waals surface area contributed by atoms with Crippen LogP contribution in [0, 0.1) is 5.41 Å². The summed E-state index contributed by atoms with van der Waals surface area (Å²) in [5.74, 6) is -2.20. The topological polar surface area (TPSA) is 188 Å². The SMILES string of the molecule is N=C(N)NCCC[C@H](NC(=O)c1sccc1NS(=O)(=O)c1cc2ccccc2o1)C(=O)O. The summed E-state index contributed by atoms with van der Waals surface area (Å²) in [6.07, 6.45) is 0.430. The number of hydrogen-bond acceptors (Lipinski definition) is 7. The molecule has 0 aliphatic heterocycles. The van der Waals surface area contributed by atoms with E-state index in [9.17, 15) is 23.1 Å². The Balaban J connectivity index is 1.71. The molecule has 1 amide bonds. The normalized spacial score (nSPS) is 12.2. The first-order valence-corrected chi connectivity index (χ1v) is 11.7. The minimum absolute atomic E-state index is 0.00958. The van der Waals surface area contributed by atoms with Crippen molar-refractivity contribution >= 4 is 55.9 Å². The molecule has 13 heteroatoms. The van der Waals surface area contributed by atoms with E-state index in [1.54, 1.807) is 24.3 Å². The first-order valence-electron chi connectivity index (χ1n) is 9.38. The highest BCUT2D eigenvalue weighted by Gasteiger charge is 2.26. The van der Waals surface area contributed by atoms with Gasteiger partial charge in [-0.25, -0.2) is 4.79 Å². The van der Waals surface area contributed by atoms with Crippen LogP contribution in [0.15, 0.2) is 51.3 Å². The molecule has 1 atom stereocenters. The number of aliphatic carboxylic acids is 1. The lowest BCUT2D eigenvalue weighted by Crippen LogP contribution is -2.41. The lowest BCUT2D eigenvalue weighted by atomic mass is 10.1. The molecule has 11 nitrogen and oxygen atoms in total. The molecule has 0 aliphatic carbocycles. The predicted octanol–water partition coefficient (Wildman–Crippen LogP) is 1.74. The fraction of sp³-hybridized carbons (Fsp3) is 0.211. The Bertz CT molecular complexity index is 1220. The first kappa shape index (κ1) is 23.1. The Kier molecular flexibility index (Phi) is 7.00. The number of para-hydroxylation sites is 1. The molecule has 32 heavy (non-hydrogen) atoms. The van der Waals surface area contributed by atoms with E-state index in [1.165, 1.54) is 17.5 Å². The number of carboxylic acids is 1. The molecule has 7 N–H and O–H groups in total. The summed E-state index contributed by atoms with van der Waals surface area (Å²) < 4.78 is 33.2. The molecule has 0 unspecified atom stereocenters. The summed E-state index contributed by atoms with van der Waals surface area (Å²) in [6, 6.07) is 8.39. The highest BCUT2D eigenvalue weighted by molar-refractivity contribution is 7.92. The first-order chi connectivity index (χ1) is 15.2. The quantitative estimate of drug-likeness (QED) is 0.144. The van der Waals surface area contributed by atoms with Gasteiger partial charge < -0.3 is 25.9 Å².